The molecule has 0 amide bonds. The van der Waals surface area contributed by atoms with Crippen LogP contribution in [0.25, 0.3) is 0 Å². The van der Waals surface area contributed by atoms with Gasteiger partial charge in [0.2, 0.25) is 0 Å². The summed E-state index contributed by atoms with van der Waals surface area (Å²) in [6.45, 7) is 6.54. The molecule has 0 saturated carbocycles. The molecular weight excluding hydrogens is 262 g/mol. The van der Waals surface area contributed by atoms with Crippen LogP contribution in [0.3, 0.4) is 0 Å². The van der Waals surface area contributed by atoms with Gasteiger partial charge in [0.05, 0.1) is 0 Å². The average molecular weight is 284 g/mol. The normalized spacial score (nSPS) is 14.8. The molecule has 1 aromatic carbocycles. The molecule has 0 aliphatic carbocycles. The van der Waals surface area contributed by atoms with Crippen molar-refractivity contribution in [2.24, 2.45) is 5.73 Å². The predicted octanol–water partition coefficient (Wildman–Crippen LogP) is 4.38. The lowest BCUT2D eigenvalue weighted by Gasteiger charge is -2.16. The number of rotatable bonds is 5. The van der Waals surface area contributed by atoms with Crippen LogP contribution >= 0.6 is 15.9 Å². The monoisotopic (exact) mass is 283 g/mol. The lowest BCUT2D eigenvalue weighted by Crippen LogP contribution is -2.18. The van der Waals surface area contributed by atoms with Crippen LogP contribution in [0.4, 0.5) is 0 Å². The minimum absolute atomic E-state index is 0.353. The summed E-state index contributed by atoms with van der Waals surface area (Å²) < 4.78 is 1.23. The van der Waals surface area contributed by atoms with Crippen molar-refractivity contribution in [1.82, 2.24) is 0 Å². The maximum Gasteiger partial charge on any atom is 0.0212 e. The minimum atomic E-state index is 0.353. The Morgan fingerprint density at radius 1 is 1.31 bits per heavy atom. The van der Waals surface area contributed by atoms with Crippen LogP contribution in [0.5, 0.6) is 0 Å². The van der Waals surface area contributed by atoms with Gasteiger partial charge in [-0.25, -0.2) is 0 Å². The van der Waals surface area contributed by atoms with Crippen molar-refractivity contribution in [3.63, 3.8) is 0 Å². The molecule has 0 saturated heterocycles. The number of hydrogen-bond donors (Lipinski definition) is 1. The quantitative estimate of drug-likeness (QED) is 0.853. The second-order valence-corrected chi connectivity index (χ2v) is 5.53. The van der Waals surface area contributed by atoms with Crippen molar-refractivity contribution < 1.29 is 0 Å². The first-order valence-electron chi connectivity index (χ1n) is 6.06. The standard InChI is InChI=1S/C14H22BrN/c1-4-12(16)7-6-11(3)13-8-5-10(2)9-14(13)15/h5,8-9,11-12H,4,6-7,16H2,1-3H3. The molecule has 0 aliphatic rings. The first-order chi connectivity index (χ1) is 7.54. The van der Waals surface area contributed by atoms with E-state index in [0.29, 0.717) is 12.0 Å². The Balaban J connectivity index is 2.62. The van der Waals surface area contributed by atoms with Crippen molar-refractivity contribution in [3.8, 4) is 0 Å². The molecule has 2 unspecified atom stereocenters. The van der Waals surface area contributed by atoms with Gasteiger partial charge in [-0.2, -0.15) is 0 Å². The van der Waals surface area contributed by atoms with E-state index in [2.05, 4.69) is 54.9 Å². The van der Waals surface area contributed by atoms with E-state index in [4.69, 9.17) is 5.73 Å². The maximum atomic E-state index is 5.95. The summed E-state index contributed by atoms with van der Waals surface area (Å²) >= 11 is 3.64. The average Bonchev–Trinajstić information content (AvgIpc) is 2.25. The maximum absolute atomic E-state index is 5.95. The zero-order valence-corrected chi connectivity index (χ0v) is 12.0. The second-order valence-electron chi connectivity index (χ2n) is 4.67. The van der Waals surface area contributed by atoms with Gasteiger partial charge in [0.25, 0.3) is 0 Å². The highest BCUT2D eigenvalue weighted by atomic mass is 79.9. The summed E-state index contributed by atoms with van der Waals surface area (Å²) in [4.78, 5) is 0. The third-order valence-corrected chi connectivity index (χ3v) is 3.87. The SMILES string of the molecule is CCC(N)CCC(C)c1ccc(C)cc1Br. The van der Waals surface area contributed by atoms with Crippen LogP contribution in [0.15, 0.2) is 22.7 Å². The van der Waals surface area contributed by atoms with Crippen LogP contribution in [0.2, 0.25) is 0 Å². The second kappa shape index (κ2) is 6.41. The smallest absolute Gasteiger partial charge is 0.0212 e. The van der Waals surface area contributed by atoms with Crippen molar-refractivity contribution in [1.29, 1.82) is 0 Å². The molecule has 2 heteroatoms. The summed E-state index contributed by atoms with van der Waals surface area (Å²) in [6, 6.07) is 6.94. The molecule has 0 aliphatic heterocycles. The van der Waals surface area contributed by atoms with Crippen molar-refractivity contribution in [2.45, 2.75) is 52.0 Å². The van der Waals surface area contributed by atoms with E-state index in [0.717, 1.165) is 19.3 Å². The van der Waals surface area contributed by atoms with E-state index >= 15 is 0 Å². The number of nitrogens with two attached hydrogens (primary N) is 1. The van der Waals surface area contributed by atoms with Crippen molar-refractivity contribution in [3.05, 3.63) is 33.8 Å². The lowest BCUT2D eigenvalue weighted by molar-refractivity contribution is 0.530. The first kappa shape index (κ1) is 13.7. The van der Waals surface area contributed by atoms with Gasteiger partial charge in [-0.3, -0.25) is 0 Å². The third-order valence-electron chi connectivity index (χ3n) is 3.18. The molecule has 0 radical (unpaired) electrons. The van der Waals surface area contributed by atoms with Crippen LogP contribution in [-0.2, 0) is 0 Å². The molecule has 0 aromatic heterocycles. The van der Waals surface area contributed by atoms with E-state index in [1.165, 1.54) is 15.6 Å². The number of hydrogen-bond acceptors (Lipinski definition) is 1. The number of aryl methyl sites for hydroxylation is 1. The molecule has 0 spiro atoms. The fourth-order valence-corrected chi connectivity index (χ4v) is 2.74. The third kappa shape index (κ3) is 3.91. The molecule has 1 aromatic rings. The van der Waals surface area contributed by atoms with Crippen LogP contribution in [0.1, 0.15) is 50.2 Å². The molecule has 0 fully saturated rings. The zero-order valence-electron chi connectivity index (χ0n) is 10.5. The van der Waals surface area contributed by atoms with E-state index in [1.54, 1.807) is 0 Å². The minimum Gasteiger partial charge on any atom is -0.328 e. The van der Waals surface area contributed by atoms with Gasteiger partial charge in [0.15, 0.2) is 0 Å². The Morgan fingerprint density at radius 3 is 2.56 bits per heavy atom. The van der Waals surface area contributed by atoms with E-state index < -0.39 is 0 Å². The lowest BCUT2D eigenvalue weighted by atomic mass is 9.93. The summed E-state index contributed by atoms with van der Waals surface area (Å²) in [5.74, 6) is 0.576. The molecule has 90 valence electrons. The van der Waals surface area contributed by atoms with Gasteiger partial charge in [0.1, 0.15) is 0 Å². The molecule has 1 nitrogen and oxygen atoms in total. The van der Waals surface area contributed by atoms with E-state index in [9.17, 15) is 0 Å². The predicted molar refractivity (Wildman–Crippen MR) is 74.8 cm³/mol. The first-order valence-corrected chi connectivity index (χ1v) is 6.85. The molecule has 2 atom stereocenters. The van der Waals surface area contributed by atoms with Gasteiger partial charge >= 0.3 is 0 Å². The molecule has 0 bridgehead atoms. The van der Waals surface area contributed by atoms with Gasteiger partial charge in [-0.1, -0.05) is 41.9 Å². The summed E-state index contributed by atoms with van der Waals surface area (Å²) in [6.07, 6.45) is 3.34. The number of halogens is 1. The highest BCUT2D eigenvalue weighted by molar-refractivity contribution is 9.10. The Kier molecular flexibility index (Phi) is 5.50. The Hall–Kier alpha value is -0.340. The Morgan fingerprint density at radius 2 is 2.00 bits per heavy atom. The van der Waals surface area contributed by atoms with E-state index in [-0.39, 0.29) is 0 Å². The largest absolute Gasteiger partial charge is 0.328 e. The molecule has 16 heavy (non-hydrogen) atoms. The molecule has 0 heterocycles. The molecule has 1 rings (SSSR count). The topological polar surface area (TPSA) is 26.0 Å². The highest BCUT2D eigenvalue weighted by Crippen LogP contribution is 2.29. The Bertz CT molecular complexity index is 336. The van der Waals surface area contributed by atoms with Crippen molar-refractivity contribution >= 4 is 15.9 Å². The van der Waals surface area contributed by atoms with Crippen LogP contribution in [0, 0.1) is 6.92 Å². The van der Waals surface area contributed by atoms with Gasteiger partial charge in [0, 0.05) is 10.5 Å². The molecule has 2 N–H and O–H groups in total. The zero-order chi connectivity index (χ0) is 12.1. The van der Waals surface area contributed by atoms with Gasteiger partial charge in [-0.15, -0.1) is 0 Å². The van der Waals surface area contributed by atoms with Gasteiger partial charge in [-0.05, 0) is 49.3 Å². The summed E-state index contributed by atoms with van der Waals surface area (Å²) in [5, 5.41) is 0. The summed E-state index contributed by atoms with van der Waals surface area (Å²) in [7, 11) is 0. The fourth-order valence-electron chi connectivity index (χ4n) is 1.86. The van der Waals surface area contributed by atoms with Crippen LogP contribution in [-0.4, -0.2) is 6.04 Å². The molecular formula is C14H22BrN. The van der Waals surface area contributed by atoms with Crippen LogP contribution < -0.4 is 5.73 Å². The van der Waals surface area contributed by atoms with Crippen molar-refractivity contribution in [2.75, 3.05) is 0 Å². The van der Waals surface area contributed by atoms with Gasteiger partial charge < -0.3 is 5.73 Å². The highest BCUT2D eigenvalue weighted by Gasteiger charge is 2.10. The fraction of sp³-hybridized carbons (Fsp3) is 0.571. The number of benzene rings is 1. The summed E-state index contributed by atoms with van der Waals surface area (Å²) in [5.41, 5.74) is 8.65. The van der Waals surface area contributed by atoms with E-state index in [1.807, 2.05) is 0 Å². The Labute approximate surface area is 108 Å².